The van der Waals surface area contributed by atoms with Crippen LogP contribution in [0.4, 0.5) is 0 Å². The fourth-order valence-corrected chi connectivity index (χ4v) is 1.06. The van der Waals surface area contributed by atoms with Crippen molar-refractivity contribution in [3.05, 3.63) is 0 Å². The molecule has 0 radical (unpaired) electrons. The predicted octanol–water partition coefficient (Wildman–Crippen LogP) is -1.74. The van der Waals surface area contributed by atoms with Crippen LogP contribution >= 0.6 is 0 Å². The first-order chi connectivity index (χ1) is 6.97. The number of likely N-dealkylation sites (N-methyl/N-ethyl adjacent to an activating group) is 1. The summed E-state index contributed by atoms with van der Waals surface area (Å²) in [7, 11) is 1.72. The van der Waals surface area contributed by atoms with Gasteiger partial charge in [-0.2, -0.15) is 0 Å². The van der Waals surface area contributed by atoms with Crippen molar-refractivity contribution in [1.29, 1.82) is 0 Å². The van der Waals surface area contributed by atoms with E-state index in [1.807, 2.05) is 6.92 Å². The van der Waals surface area contributed by atoms with Gasteiger partial charge in [0, 0.05) is 13.1 Å². The molecule has 2 amide bonds. The Morgan fingerprint density at radius 1 is 1.47 bits per heavy atom. The van der Waals surface area contributed by atoms with Crippen LogP contribution in [0.25, 0.3) is 0 Å². The average Bonchev–Trinajstić information content (AvgIpc) is 2.14. The van der Waals surface area contributed by atoms with Gasteiger partial charge in [-0.25, -0.2) is 0 Å². The lowest BCUT2D eigenvalue weighted by atomic mass is 10.3. The van der Waals surface area contributed by atoms with E-state index in [0.29, 0.717) is 6.54 Å². The van der Waals surface area contributed by atoms with Crippen LogP contribution in [-0.4, -0.2) is 49.4 Å². The second-order valence-electron chi connectivity index (χ2n) is 3.56. The van der Waals surface area contributed by atoms with E-state index in [-0.39, 0.29) is 19.0 Å². The number of hydrogen-bond acceptors (Lipinski definition) is 4. The molecule has 0 heterocycles. The van der Waals surface area contributed by atoms with Gasteiger partial charge in [-0.3, -0.25) is 14.5 Å². The third kappa shape index (κ3) is 6.87. The maximum absolute atomic E-state index is 11.3. The largest absolute Gasteiger partial charge is 0.368 e. The zero-order valence-corrected chi connectivity index (χ0v) is 9.32. The van der Waals surface area contributed by atoms with Gasteiger partial charge in [0.25, 0.3) is 0 Å². The fourth-order valence-electron chi connectivity index (χ4n) is 1.06. The molecule has 0 aromatic carbocycles. The summed E-state index contributed by atoms with van der Waals surface area (Å²) >= 11 is 0. The third-order valence-corrected chi connectivity index (χ3v) is 1.86. The van der Waals surface area contributed by atoms with Gasteiger partial charge in [-0.1, -0.05) is 6.92 Å². The molecule has 1 atom stereocenters. The van der Waals surface area contributed by atoms with Gasteiger partial charge in [-0.15, -0.1) is 0 Å². The van der Waals surface area contributed by atoms with E-state index in [4.69, 9.17) is 11.5 Å². The molecule has 88 valence electrons. The summed E-state index contributed by atoms with van der Waals surface area (Å²) in [5.41, 5.74) is 10.4. The Kier molecular flexibility index (Phi) is 6.64. The van der Waals surface area contributed by atoms with Crippen molar-refractivity contribution < 1.29 is 9.59 Å². The van der Waals surface area contributed by atoms with Crippen LogP contribution in [0.3, 0.4) is 0 Å². The monoisotopic (exact) mass is 216 g/mol. The van der Waals surface area contributed by atoms with Crippen LogP contribution in [0, 0.1) is 0 Å². The normalized spacial score (nSPS) is 12.5. The van der Waals surface area contributed by atoms with Gasteiger partial charge >= 0.3 is 0 Å². The Hall–Kier alpha value is -1.14. The molecule has 6 nitrogen and oxygen atoms in total. The first-order valence-corrected chi connectivity index (χ1v) is 4.97. The lowest BCUT2D eigenvalue weighted by Crippen LogP contribution is -2.47. The molecule has 15 heavy (non-hydrogen) atoms. The van der Waals surface area contributed by atoms with E-state index >= 15 is 0 Å². The molecule has 0 aliphatic rings. The molecule has 5 N–H and O–H groups in total. The van der Waals surface area contributed by atoms with E-state index < -0.39 is 11.9 Å². The second-order valence-corrected chi connectivity index (χ2v) is 3.56. The molecule has 0 rings (SSSR count). The van der Waals surface area contributed by atoms with E-state index in [1.165, 1.54) is 0 Å². The average molecular weight is 216 g/mol. The number of nitrogens with two attached hydrogens (primary N) is 2. The highest BCUT2D eigenvalue weighted by atomic mass is 16.2. The van der Waals surface area contributed by atoms with E-state index in [9.17, 15) is 9.59 Å². The third-order valence-electron chi connectivity index (χ3n) is 1.86. The zero-order chi connectivity index (χ0) is 11.8. The molecular formula is C9H20N4O2. The topological polar surface area (TPSA) is 101 Å². The van der Waals surface area contributed by atoms with Crippen LogP contribution in [0.2, 0.25) is 0 Å². The van der Waals surface area contributed by atoms with Crippen LogP contribution in [0.1, 0.15) is 13.3 Å². The number of amides is 2. The predicted molar refractivity (Wildman–Crippen MR) is 58.0 cm³/mol. The van der Waals surface area contributed by atoms with Crippen molar-refractivity contribution in [2.45, 2.75) is 19.4 Å². The summed E-state index contributed by atoms with van der Waals surface area (Å²) in [5.74, 6) is -0.633. The lowest BCUT2D eigenvalue weighted by Gasteiger charge is -2.18. The summed E-state index contributed by atoms with van der Waals surface area (Å²) in [5, 5.41) is 2.73. The molecule has 0 aliphatic heterocycles. The number of carbonyl (C=O) groups is 2. The van der Waals surface area contributed by atoms with Crippen LogP contribution in [0.5, 0.6) is 0 Å². The SMILES string of the molecule is CCCNC(=O)CN(C)CC(N)C(N)=O. The van der Waals surface area contributed by atoms with Gasteiger partial charge in [0.05, 0.1) is 12.6 Å². The first kappa shape index (κ1) is 13.9. The Morgan fingerprint density at radius 2 is 2.07 bits per heavy atom. The Morgan fingerprint density at radius 3 is 2.53 bits per heavy atom. The van der Waals surface area contributed by atoms with Crippen molar-refractivity contribution in [1.82, 2.24) is 10.2 Å². The quantitative estimate of drug-likeness (QED) is 0.470. The number of carbonyl (C=O) groups excluding carboxylic acids is 2. The molecule has 0 aromatic rings. The molecule has 0 saturated carbocycles. The highest BCUT2D eigenvalue weighted by Gasteiger charge is 2.13. The van der Waals surface area contributed by atoms with Gasteiger partial charge < -0.3 is 16.8 Å². The van der Waals surface area contributed by atoms with Crippen molar-refractivity contribution in [2.75, 3.05) is 26.7 Å². The first-order valence-electron chi connectivity index (χ1n) is 4.97. The van der Waals surface area contributed by atoms with Crippen molar-refractivity contribution in [3.8, 4) is 0 Å². The number of nitrogens with one attached hydrogen (secondary N) is 1. The number of hydrogen-bond donors (Lipinski definition) is 3. The highest BCUT2D eigenvalue weighted by molar-refractivity contribution is 5.80. The van der Waals surface area contributed by atoms with Gasteiger partial charge in [0.15, 0.2) is 0 Å². The molecule has 0 bridgehead atoms. The molecule has 1 unspecified atom stereocenters. The smallest absolute Gasteiger partial charge is 0.235 e. The number of nitrogens with zero attached hydrogens (tertiary/aromatic N) is 1. The molecule has 0 fully saturated rings. The second kappa shape index (κ2) is 7.19. The molecule has 6 heteroatoms. The molecular weight excluding hydrogens is 196 g/mol. The fraction of sp³-hybridized carbons (Fsp3) is 0.778. The summed E-state index contributed by atoms with van der Waals surface area (Å²) in [6, 6.07) is -0.728. The minimum Gasteiger partial charge on any atom is -0.368 e. The lowest BCUT2D eigenvalue weighted by molar-refractivity contribution is -0.123. The maximum Gasteiger partial charge on any atom is 0.235 e. The summed E-state index contributed by atoms with van der Waals surface area (Å²) in [6.45, 7) is 3.15. The van der Waals surface area contributed by atoms with E-state index in [2.05, 4.69) is 5.32 Å². The van der Waals surface area contributed by atoms with Crippen LogP contribution < -0.4 is 16.8 Å². The van der Waals surface area contributed by atoms with Crippen LogP contribution in [0.15, 0.2) is 0 Å². The number of primary amides is 1. The Bertz CT molecular complexity index is 220. The van der Waals surface area contributed by atoms with E-state index in [0.717, 1.165) is 6.42 Å². The minimum atomic E-state index is -0.728. The highest BCUT2D eigenvalue weighted by Crippen LogP contribution is 1.86. The Balaban J connectivity index is 3.77. The van der Waals surface area contributed by atoms with Gasteiger partial charge in [-0.05, 0) is 13.5 Å². The molecule has 0 aliphatic carbocycles. The standard InChI is InChI=1S/C9H20N4O2/c1-3-4-12-8(14)6-13(2)5-7(10)9(11)15/h7H,3-6,10H2,1-2H3,(H2,11,15)(H,12,14). The molecule has 0 spiro atoms. The van der Waals surface area contributed by atoms with Crippen LogP contribution in [-0.2, 0) is 9.59 Å². The van der Waals surface area contributed by atoms with Crippen molar-refractivity contribution in [3.63, 3.8) is 0 Å². The minimum absolute atomic E-state index is 0.0731. The summed E-state index contributed by atoms with van der Waals surface area (Å²) in [6.07, 6.45) is 0.899. The summed E-state index contributed by atoms with van der Waals surface area (Å²) in [4.78, 5) is 23.6. The number of rotatable bonds is 7. The zero-order valence-electron chi connectivity index (χ0n) is 9.32. The maximum atomic E-state index is 11.3. The van der Waals surface area contributed by atoms with Crippen molar-refractivity contribution >= 4 is 11.8 Å². The molecule has 0 aromatic heterocycles. The van der Waals surface area contributed by atoms with Gasteiger partial charge in [0.1, 0.15) is 0 Å². The van der Waals surface area contributed by atoms with Gasteiger partial charge in [0.2, 0.25) is 11.8 Å². The Labute approximate surface area is 90.0 Å². The van der Waals surface area contributed by atoms with E-state index in [1.54, 1.807) is 11.9 Å². The summed E-state index contributed by atoms with van der Waals surface area (Å²) < 4.78 is 0. The molecule has 0 saturated heterocycles. The van der Waals surface area contributed by atoms with Crippen molar-refractivity contribution in [2.24, 2.45) is 11.5 Å².